The Bertz CT molecular complexity index is 411. The van der Waals surface area contributed by atoms with E-state index < -0.39 is 0 Å². The molecule has 3 N–H and O–H groups in total. The van der Waals surface area contributed by atoms with Crippen LogP contribution < -0.4 is 11.1 Å². The normalized spacial score (nSPS) is 23.3. The molecule has 0 aromatic carbocycles. The summed E-state index contributed by atoms with van der Waals surface area (Å²) in [6.45, 7) is 4.54. The lowest BCUT2D eigenvalue weighted by Crippen LogP contribution is -2.40. The van der Waals surface area contributed by atoms with E-state index in [9.17, 15) is 4.79 Å². The van der Waals surface area contributed by atoms with E-state index in [2.05, 4.69) is 19.2 Å². The monoisotopic (exact) mass is 252 g/mol. The average Bonchev–Trinajstić information content (AvgIpc) is 2.62. The van der Waals surface area contributed by atoms with Crippen molar-refractivity contribution in [3.8, 4) is 0 Å². The van der Waals surface area contributed by atoms with Crippen LogP contribution in [0.25, 0.3) is 0 Å². The number of thiophene rings is 1. The van der Waals surface area contributed by atoms with Crippen molar-refractivity contribution >= 4 is 22.9 Å². The van der Waals surface area contributed by atoms with E-state index in [4.69, 9.17) is 5.73 Å². The third-order valence-corrected chi connectivity index (χ3v) is 4.37. The Kier molecular flexibility index (Phi) is 3.43. The molecule has 0 spiro atoms. The van der Waals surface area contributed by atoms with Crippen molar-refractivity contribution in [2.75, 3.05) is 5.73 Å². The predicted octanol–water partition coefficient (Wildman–Crippen LogP) is 3.03. The summed E-state index contributed by atoms with van der Waals surface area (Å²) in [6.07, 6.45) is 4.59. The van der Waals surface area contributed by atoms with Crippen molar-refractivity contribution in [1.29, 1.82) is 0 Å². The van der Waals surface area contributed by atoms with Crippen LogP contribution in [-0.4, -0.2) is 11.9 Å². The molecule has 1 heterocycles. The molecule has 0 saturated heterocycles. The molecule has 17 heavy (non-hydrogen) atoms. The molecule has 1 atom stereocenters. The fraction of sp³-hybridized carbons (Fsp3) is 0.615. The van der Waals surface area contributed by atoms with Crippen LogP contribution in [0.2, 0.25) is 0 Å². The van der Waals surface area contributed by atoms with Gasteiger partial charge in [-0.2, -0.15) is 0 Å². The smallest absolute Gasteiger partial charge is 0.263 e. The molecule has 94 valence electrons. The molecule has 3 nitrogen and oxygen atoms in total. The van der Waals surface area contributed by atoms with Gasteiger partial charge in [0.15, 0.2) is 0 Å². The molecule has 1 fully saturated rings. The second-order valence-electron chi connectivity index (χ2n) is 5.64. The molecule has 1 aromatic rings. The Morgan fingerprint density at radius 2 is 2.35 bits per heavy atom. The number of hydrogen-bond donors (Lipinski definition) is 2. The molecule has 0 bridgehead atoms. The van der Waals surface area contributed by atoms with Gasteiger partial charge in [-0.25, -0.2) is 0 Å². The third kappa shape index (κ3) is 3.00. The summed E-state index contributed by atoms with van der Waals surface area (Å²) < 4.78 is 0. The lowest BCUT2D eigenvalue weighted by molar-refractivity contribution is 0.0907. The maximum Gasteiger partial charge on any atom is 0.263 e. The van der Waals surface area contributed by atoms with E-state index in [0.717, 1.165) is 12.8 Å². The van der Waals surface area contributed by atoms with Gasteiger partial charge in [0.25, 0.3) is 5.91 Å². The van der Waals surface area contributed by atoms with E-state index in [1.807, 2.05) is 5.38 Å². The summed E-state index contributed by atoms with van der Waals surface area (Å²) >= 11 is 1.41. The molecular weight excluding hydrogens is 232 g/mol. The molecule has 0 aliphatic heterocycles. The quantitative estimate of drug-likeness (QED) is 0.850. The van der Waals surface area contributed by atoms with Crippen molar-refractivity contribution in [3.63, 3.8) is 0 Å². The molecule has 2 rings (SSSR count). The van der Waals surface area contributed by atoms with Crippen molar-refractivity contribution in [2.45, 2.75) is 45.6 Å². The first-order valence-electron chi connectivity index (χ1n) is 6.12. The van der Waals surface area contributed by atoms with E-state index in [-0.39, 0.29) is 5.91 Å². The molecule has 1 aliphatic rings. The van der Waals surface area contributed by atoms with Crippen molar-refractivity contribution in [1.82, 2.24) is 5.32 Å². The highest BCUT2D eigenvalue weighted by Crippen LogP contribution is 2.35. The van der Waals surface area contributed by atoms with Gasteiger partial charge >= 0.3 is 0 Å². The zero-order valence-corrected chi connectivity index (χ0v) is 11.3. The number of anilines is 1. The molecule has 1 aromatic heterocycles. The van der Waals surface area contributed by atoms with E-state index in [1.165, 1.54) is 24.2 Å². The number of rotatable bonds is 2. The highest BCUT2D eigenvalue weighted by Gasteiger charge is 2.29. The Labute approximate surface area is 106 Å². The summed E-state index contributed by atoms with van der Waals surface area (Å²) in [7, 11) is 0. The van der Waals surface area contributed by atoms with Gasteiger partial charge < -0.3 is 11.1 Å². The first-order chi connectivity index (χ1) is 7.98. The molecule has 1 unspecified atom stereocenters. The van der Waals surface area contributed by atoms with Gasteiger partial charge in [-0.1, -0.05) is 20.3 Å². The topological polar surface area (TPSA) is 55.1 Å². The number of nitrogens with one attached hydrogen (secondary N) is 1. The van der Waals surface area contributed by atoms with Crippen LogP contribution >= 0.6 is 11.3 Å². The number of nitrogens with two attached hydrogens (primary N) is 1. The minimum atomic E-state index is -0.0137. The van der Waals surface area contributed by atoms with E-state index >= 15 is 0 Å². The standard InChI is InChI=1S/C13H20N2OS/c1-13(2)6-3-4-9(8-13)15-12(16)11-10(14)5-7-17-11/h5,7,9H,3-4,6,8,14H2,1-2H3,(H,15,16). The van der Waals surface area contributed by atoms with Crippen LogP contribution in [0.3, 0.4) is 0 Å². The highest BCUT2D eigenvalue weighted by atomic mass is 32.1. The van der Waals surface area contributed by atoms with Gasteiger partial charge in [0.1, 0.15) is 4.88 Å². The van der Waals surface area contributed by atoms with Crippen LogP contribution in [0.15, 0.2) is 11.4 Å². The van der Waals surface area contributed by atoms with Crippen LogP contribution in [0.4, 0.5) is 5.69 Å². The van der Waals surface area contributed by atoms with Crippen LogP contribution in [0.1, 0.15) is 49.2 Å². The first kappa shape index (κ1) is 12.4. The SMILES string of the molecule is CC1(C)CCCC(NC(=O)c2sccc2N)C1. The summed E-state index contributed by atoms with van der Waals surface area (Å²) in [4.78, 5) is 12.7. The fourth-order valence-electron chi connectivity index (χ4n) is 2.58. The number of carbonyl (C=O) groups excluding carboxylic acids is 1. The van der Waals surface area contributed by atoms with Gasteiger partial charge in [-0.15, -0.1) is 11.3 Å². The van der Waals surface area contributed by atoms with Crippen molar-refractivity contribution in [3.05, 3.63) is 16.3 Å². The summed E-state index contributed by atoms with van der Waals surface area (Å²) in [5.74, 6) is -0.0137. The van der Waals surface area contributed by atoms with Gasteiger partial charge in [-0.05, 0) is 36.1 Å². The lowest BCUT2D eigenvalue weighted by Gasteiger charge is -2.35. The van der Waals surface area contributed by atoms with Crippen LogP contribution in [0.5, 0.6) is 0 Å². The van der Waals surface area contributed by atoms with Crippen LogP contribution in [-0.2, 0) is 0 Å². The van der Waals surface area contributed by atoms with Crippen molar-refractivity contribution < 1.29 is 4.79 Å². The second-order valence-corrected chi connectivity index (χ2v) is 6.55. The highest BCUT2D eigenvalue weighted by molar-refractivity contribution is 7.12. The van der Waals surface area contributed by atoms with Gasteiger partial charge in [-0.3, -0.25) is 4.79 Å². The summed E-state index contributed by atoms with van der Waals surface area (Å²) in [5, 5.41) is 4.97. The Morgan fingerprint density at radius 3 is 2.94 bits per heavy atom. The zero-order chi connectivity index (χ0) is 12.5. The van der Waals surface area contributed by atoms with Gasteiger partial charge in [0, 0.05) is 6.04 Å². The Morgan fingerprint density at radius 1 is 1.59 bits per heavy atom. The summed E-state index contributed by atoms with van der Waals surface area (Å²) in [6, 6.07) is 2.08. The first-order valence-corrected chi connectivity index (χ1v) is 7.00. The number of carbonyl (C=O) groups is 1. The summed E-state index contributed by atoms with van der Waals surface area (Å²) in [5.41, 5.74) is 6.68. The third-order valence-electron chi connectivity index (χ3n) is 3.44. The van der Waals surface area contributed by atoms with Gasteiger partial charge in [0.05, 0.1) is 5.69 Å². The maximum absolute atomic E-state index is 12.0. The molecular formula is C13H20N2OS. The Hall–Kier alpha value is -1.03. The van der Waals surface area contributed by atoms with Crippen molar-refractivity contribution in [2.24, 2.45) is 5.41 Å². The Balaban J connectivity index is 1.98. The fourth-order valence-corrected chi connectivity index (χ4v) is 3.30. The number of amides is 1. The van der Waals surface area contributed by atoms with E-state index in [0.29, 0.717) is 22.0 Å². The maximum atomic E-state index is 12.0. The minimum Gasteiger partial charge on any atom is -0.397 e. The average molecular weight is 252 g/mol. The van der Waals surface area contributed by atoms with Crippen LogP contribution in [0, 0.1) is 5.41 Å². The molecule has 1 amide bonds. The molecule has 4 heteroatoms. The number of hydrogen-bond acceptors (Lipinski definition) is 3. The minimum absolute atomic E-state index is 0.0137. The molecule has 0 radical (unpaired) electrons. The second kappa shape index (κ2) is 4.69. The van der Waals surface area contributed by atoms with E-state index in [1.54, 1.807) is 6.07 Å². The lowest BCUT2D eigenvalue weighted by atomic mass is 9.75. The van der Waals surface area contributed by atoms with Gasteiger partial charge in [0.2, 0.25) is 0 Å². The number of nitrogen functional groups attached to an aromatic ring is 1. The largest absolute Gasteiger partial charge is 0.397 e. The zero-order valence-electron chi connectivity index (χ0n) is 10.5. The molecule has 1 aliphatic carbocycles. The predicted molar refractivity (Wildman–Crippen MR) is 72.2 cm³/mol. The molecule has 1 saturated carbocycles.